The molecule has 106 valence electrons. The van der Waals surface area contributed by atoms with Gasteiger partial charge < -0.3 is 15.1 Å². The van der Waals surface area contributed by atoms with Gasteiger partial charge in [-0.05, 0) is 26.0 Å². The van der Waals surface area contributed by atoms with Gasteiger partial charge in [0.2, 0.25) is 5.89 Å². The molecule has 0 radical (unpaired) electrons. The van der Waals surface area contributed by atoms with Crippen molar-refractivity contribution < 1.29 is 4.42 Å². The van der Waals surface area contributed by atoms with Gasteiger partial charge in [-0.25, -0.2) is 4.98 Å². The number of aromatic nitrogens is 1. The number of benzene rings is 1. The van der Waals surface area contributed by atoms with Crippen LogP contribution in [0.1, 0.15) is 19.5 Å². The molecule has 0 aliphatic heterocycles. The van der Waals surface area contributed by atoms with Crippen molar-refractivity contribution in [2.24, 2.45) is 4.99 Å². The molecule has 0 aliphatic carbocycles. The van der Waals surface area contributed by atoms with E-state index in [1.165, 1.54) is 0 Å². The van der Waals surface area contributed by atoms with E-state index in [2.05, 4.69) is 34.5 Å². The van der Waals surface area contributed by atoms with E-state index in [1.54, 1.807) is 13.3 Å². The van der Waals surface area contributed by atoms with Crippen LogP contribution >= 0.6 is 0 Å². The van der Waals surface area contributed by atoms with Crippen LogP contribution in [0.2, 0.25) is 0 Å². The molecule has 5 nitrogen and oxygen atoms in total. The van der Waals surface area contributed by atoms with Gasteiger partial charge in [0.15, 0.2) is 5.96 Å². The Labute approximate surface area is 119 Å². The summed E-state index contributed by atoms with van der Waals surface area (Å²) in [7, 11) is 1.75. The van der Waals surface area contributed by atoms with Crippen LogP contribution in [-0.4, -0.2) is 24.0 Å². The Kier molecular flexibility index (Phi) is 4.76. The summed E-state index contributed by atoms with van der Waals surface area (Å²) in [5.41, 5.74) is 1.82. The number of aliphatic imine (C=N–C) groups is 1. The first-order chi connectivity index (χ1) is 9.69. The summed E-state index contributed by atoms with van der Waals surface area (Å²) < 4.78 is 5.49. The van der Waals surface area contributed by atoms with Gasteiger partial charge in [-0.3, -0.25) is 4.99 Å². The van der Waals surface area contributed by atoms with Crippen LogP contribution in [0, 0.1) is 0 Å². The fourth-order valence-corrected chi connectivity index (χ4v) is 1.74. The van der Waals surface area contributed by atoms with Crippen molar-refractivity contribution >= 4 is 5.96 Å². The number of guanidine groups is 1. The Bertz CT molecular complexity index is 560. The maximum atomic E-state index is 5.49. The van der Waals surface area contributed by atoms with Gasteiger partial charge in [0.25, 0.3) is 0 Å². The summed E-state index contributed by atoms with van der Waals surface area (Å²) in [5.74, 6) is 1.39. The number of hydrogen-bond donors (Lipinski definition) is 2. The van der Waals surface area contributed by atoms with Crippen LogP contribution in [0.4, 0.5) is 0 Å². The first-order valence-electron chi connectivity index (χ1n) is 6.66. The van der Waals surface area contributed by atoms with Crippen LogP contribution in [0.25, 0.3) is 11.5 Å². The molecule has 1 heterocycles. The molecule has 0 saturated heterocycles. The third-order valence-electron chi connectivity index (χ3n) is 2.66. The molecule has 20 heavy (non-hydrogen) atoms. The van der Waals surface area contributed by atoms with E-state index in [4.69, 9.17) is 4.42 Å². The molecular weight excluding hydrogens is 252 g/mol. The van der Waals surface area contributed by atoms with Crippen LogP contribution in [0.5, 0.6) is 0 Å². The molecular formula is C15H20N4O. The molecule has 0 amide bonds. The minimum atomic E-state index is 0.332. The van der Waals surface area contributed by atoms with E-state index in [9.17, 15) is 0 Å². The smallest absolute Gasteiger partial charge is 0.226 e. The summed E-state index contributed by atoms with van der Waals surface area (Å²) in [4.78, 5) is 8.60. The monoisotopic (exact) mass is 272 g/mol. The van der Waals surface area contributed by atoms with E-state index >= 15 is 0 Å². The number of nitrogens with zero attached hydrogens (tertiary/aromatic N) is 2. The largest absolute Gasteiger partial charge is 0.444 e. The van der Waals surface area contributed by atoms with E-state index in [0.717, 1.165) is 17.2 Å². The molecule has 1 aromatic carbocycles. The Hall–Kier alpha value is -2.30. The highest BCUT2D eigenvalue weighted by Crippen LogP contribution is 2.17. The summed E-state index contributed by atoms with van der Waals surface area (Å²) >= 11 is 0. The zero-order chi connectivity index (χ0) is 14.4. The number of hydrogen-bond acceptors (Lipinski definition) is 3. The SMILES string of the molecule is CN=C(NCc1coc(-c2ccccc2)n1)NC(C)C. The predicted octanol–water partition coefficient (Wildman–Crippen LogP) is 2.42. The zero-order valence-corrected chi connectivity index (χ0v) is 12.1. The van der Waals surface area contributed by atoms with Crippen molar-refractivity contribution in [1.29, 1.82) is 0 Å². The first kappa shape index (κ1) is 14.1. The molecule has 0 atom stereocenters. The summed E-state index contributed by atoms with van der Waals surface area (Å²) in [6.07, 6.45) is 1.66. The van der Waals surface area contributed by atoms with E-state index in [-0.39, 0.29) is 0 Å². The second-order valence-electron chi connectivity index (χ2n) is 4.73. The highest BCUT2D eigenvalue weighted by atomic mass is 16.3. The minimum Gasteiger partial charge on any atom is -0.444 e. The Morgan fingerprint density at radius 2 is 2.05 bits per heavy atom. The van der Waals surface area contributed by atoms with Crippen molar-refractivity contribution in [2.75, 3.05) is 7.05 Å². The maximum absolute atomic E-state index is 5.49. The van der Waals surface area contributed by atoms with Crippen LogP contribution < -0.4 is 10.6 Å². The van der Waals surface area contributed by atoms with Crippen molar-refractivity contribution in [2.45, 2.75) is 26.4 Å². The number of nitrogens with one attached hydrogen (secondary N) is 2. The lowest BCUT2D eigenvalue weighted by molar-refractivity contribution is 0.572. The van der Waals surface area contributed by atoms with Gasteiger partial charge in [-0.2, -0.15) is 0 Å². The fourth-order valence-electron chi connectivity index (χ4n) is 1.74. The summed E-state index contributed by atoms with van der Waals surface area (Å²) in [6.45, 7) is 4.70. The van der Waals surface area contributed by atoms with Crippen LogP contribution in [0.15, 0.2) is 46.0 Å². The van der Waals surface area contributed by atoms with Gasteiger partial charge in [0.1, 0.15) is 6.26 Å². The molecule has 2 aromatic rings. The predicted molar refractivity (Wildman–Crippen MR) is 80.4 cm³/mol. The third-order valence-corrected chi connectivity index (χ3v) is 2.66. The molecule has 1 aromatic heterocycles. The second-order valence-corrected chi connectivity index (χ2v) is 4.73. The molecule has 0 fully saturated rings. The average molecular weight is 272 g/mol. The normalized spacial score (nSPS) is 11.7. The van der Waals surface area contributed by atoms with Crippen LogP contribution in [0.3, 0.4) is 0 Å². The van der Waals surface area contributed by atoms with Gasteiger partial charge in [0, 0.05) is 18.7 Å². The fraction of sp³-hybridized carbons (Fsp3) is 0.333. The van der Waals surface area contributed by atoms with Crippen molar-refractivity contribution in [3.05, 3.63) is 42.3 Å². The lowest BCUT2D eigenvalue weighted by Crippen LogP contribution is -2.40. The number of rotatable bonds is 4. The second kappa shape index (κ2) is 6.75. The topological polar surface area (TPSA) is 62.5 Å². The summed E-state index contributed by atoms with van der Waals surface area (Å²) in [6, 6.07) is 10.2. The van der Waals surface area contributed by atoms with Gasteiger partial charge >= 0.3 is 0 Å². The highest BCUT2D eigenvalue weighted by Gasteiger charge is 2.07. The summed E-state index contributed by atoms with van der Waals surface area (Å²) in [5, 5.41) is 6.42. The van der Waals surface area contributed by atoms with Gasteiger partial charge in [0.05, 0.1) is 12.2 Å². The van der Waals surface area contributed by atoms with Crippen molar-refractivity contribution in [3.63, 3.8) is 0 Å². The van der Waals surface area contributed by atoms with Gasteiger partial charge in [-0.1, -0.05) is 18.2 Å². The Balaban J connectivity index is 1.97. The molecule has 2 rings (SSSR count). The molecule has 2 N–H and O–H groups in total. The zero-order valence-electron chi connectivity index (χ0n) is 12.1. The van der Waals surface area contributed by atoms with Crippen LogP contribution in [-0.2, 0) is 6.54 Å². The minimum absolute atomic E-state index is 0.332. The highest BCUT2D eigenvalue weighted by molar-refractivity contribution is 5.79. The third kappa shape index (κ3) is 3.85. The lowest BCUT2D eigenvalue weighted by atomic mass is 10.2. The van der Waals surface area contributed by atoms with E-state index in [0.29, 0.717) is 18.5 Å². The Morgan fingerprint density at radius 3 is 2.70 bits per heavy atom. The molecule has 0 unspecified atom stereocenters. The molecule has 0 saturated carbocycles. The average Bonchev–Trinajstić information content (AvgIpc) is 2.93. The maximum Gasteiger partial charge on any atom is 0.226 e. The first-order valence-corrected chi connectivity index (χ1v) is 6.66. The Morgan fingerprint density at radius 1 is 1.30 bits per heavy atom. The molecule has 0 spiro atoms. The van der Waals surface area contributed by atoms with Crippen molar-refractivity contribution in [3.8, 4) is 11.5 Å². The van der Waals surface area contributed by atoms with E-state index in [1.807, 2.05) is 30.3 Å². The number of oxazole rings is 1. The molecule has 0 aliphatic rings. The standard InChI is InChI=1S/C15H20N4O/c1-11(2)18-15(16-3)17-9-13-10-20-14(19-13)12-7-5-4-6-8-12/h4-8,10-11H,9H2,1-3H3,(H2,16,17,18). The molecule has 0 bridgehead atoms. The molecule has 5 heteroatoms. The van der Waals surface area contributed by atoms with Gasteiger partial charge in [-0.15, -0.1) is 0 Å². The quantitative estimate of drug-likeness (QED) is 0.663. The van der Waals surface area contributed by atoms with E-state index < -0.39 is 0 Å². The lowest BCUT2D eigenvalue weighted by Gasteiger charge is -2.13. The van der Waals surface area contributed by atoms with Crippen molar-refractivity contribution in [1.82, 2.24) is 15.6 Å².